The minimum absolute atomic E-state index is 0.157. The Kier molecular flexibility index (Phi) is 0.631. The summed E-state index contributed by atoms with van der Waals surface area (Å²) in [7, 11) is 0. The average Bonchev–Trinajstić information content (AvgIpc) is 1.74. The lowest BCUT2D eigenvalue weighted by Gasteiger charge is -1.92. The van der Waals surface area contributed by atoms with Crippen LogP contribution in [0.25, 0.3) is 11.3 Å². The molecule has 0 unspecified atom stereocenters. The van der Waals surface area contributed by atoms with E-state index in [1.807, 2.05) is 0 Å². The molecule has 0 radical (unpaired) electrons. The molecule has 0 aromatic carbocycles. The molecule has 2 aromatic rings. The molecule has 9 heavy (non-hydrogen) atoms. The zero-order valence-corrected chi connectivity index (χ0v) is 4.38. The van der Waals surface area contributed by atoms with Gasteiger partial charge in [-0.3, -0.25) is 13.9 Å². The Hall–Kier alpha value is -1.45. The van der Waals surface area contributed by atoms with Gasteiger partial charge in [-0.25, -0.2) is 0 Å². The fourth-order valence-electron chi connectivity index (χ4n) is 0.636. The van der Waals surface area contributed by atoms with Crippen molar-refractivity contribution in [1.82, 2.24) is 4.98 Å². The topological polar surface area (TPSA) is 59.1 Å². The van der Waals surface area contributed by atoms with Crippen LogP contribution in [0.2, 0.25) is 0 Å². The van der Waals surface area contributed by atoms with Crippen molar-refractivity contribution in [2.24, 2.45) is 0 Å². The second-order valence-corrected chi connectivity index (χ2v) is 1.67. The van der Waals surface area contributed by atoms with Crippen LogP contribution in [0.3, 0.4) is 0 Å². The van der Waals surface area contributed by atoms with Gasteiger partial charge in [-0.05, 0) is 0 Å². The molecule has 0 aliphatic rings. The van der Waals surface area contributed by atoms with Gasteiger partial charge in [0.05, 0.1) is 0 Å². The summed E-state index contributed by atoms with van der Waals surface area (Å²) < 4.78 is 8.76. The summed E-state index contributed by atoms with van der Waals surface area (Å²) in [5.41, 5.74) is 0.509. The minimum atomic E-state index is -0.157. The van der Waals surface area contributed by atoms with Crippen molar-refractivity contribution in [3.05, 3.63) is 22.5 Å². The monoisotopic (exact) mass is 125 g/mol. The van der Waals surface area contributed by atoms with Gasteiger partial charge >= 0.3 is 0 Å². The zero-order valence-electron chi connectivity index (χ0n) is 4.38. The van der Waals surface area contributed by atoms with Crippen LogP contribution in [0.15, 0.2) is 26.2 Å². The van der Waals surface area contributed by atoms with Crippen LogP contribution in [-0.2, 0) is 0 Å². The summed E-state index contributed by atoms with van der Waals surface area (Å²) in [5, 5.41) is 0. The molecule has 1 N–H and O–H groups in total. The lowest BCUT2D eigenvalue weighted by atomic mass is 10.4. The highest BCUT2D eigenvalue weighted by Gasteiger charge is 2.05. The normalized spacial score (nSPS) is 10.7. The molecule has 0 spiro atoms. The predicted molar refractivity (Wildman–Crippen MR) is 29.1 cm³/mol. The summed E-state index contributed by atoms with van der Waals surface area (Å²) in [6.07, 6.45) is 1.50. The number of pyridine rings is 1. The lowest BCUT2D eigenvalue weighted by molar-refractivity contribution is 0.0539. The van der Waals surface area contributed by atoms with E-state index in [4.69, 9.17) is 0 Å². The predicted octanol–water partition coefficient (Wildman–Crippen LogP) is 0.714. The van der Waals surface area contributed by atoms with Crippen molar-refractivity contribution >= 4 is 11.3 Å². The van der Waals surface area contributed by atoms with E-state index in [2.05, 4.69) is 14.1 Å². The van der Waals surface area contributed by atoms with E-state index >= 15 is 0 Å². The molecular weight excluding hydrogens is 122 g/mol. The van der Waals surface area contributed by atoms with E-state index in [0.717, 1.165) is 0 Å². The van der Waals surface area contributed by atoms with Gasteiger partial charge in [-0.2, -0.15) is 0 Å². The third-order valence-corrected chi connectivity index (χ3v) is 1.09. The maximum absolute atomic E-state index is 10.7. The van der Waals surface area contributed by atoms with E-state index in [1.165, 1.54) is 12.3 Å². The molecule has 46 valence electrons. The van der Waals surface area contributed by atoms with Crippen molar-refractivity contribution in [3.63, 3.8) is 0 Å². The first-order valence-corrected chi connectivity index (χ1v) is 2.44. The highest BCUT2D eigenvalue weighted by atomic mass is 17.0. The SMILES string of the molecule is O=c1cc[nH]c2ooc12. The summed E-state index contributed by atoms with van der Waals surface area (Å²) >= 11 is 0. The number of fused-ring (bicyclic) bond motifs is 1. The summed E-state index contributed by atoms with van der Waals surface area (Å²) in [4.78, 5) is 13.3. The van der Waals surface area contributed by atoms with Crippen LogP contribution < -0.4 is 5.43 Å². The van der Waals surface area contributed by atoms with Crippen LogP contribution in [0.1, 0.15) is 0 Å². The maximum Gasteiger partial charge on any atom is 0.299 e. The number of hydrogen-bond donors (Lipinski definition) is 1. The van der Waals surface area contributed by atoms with E-state index in [1.54, 1.807) is 0 Å². The van der Waals surface area contributed by atoms with Crippen molar-refractivity contribution in [2.75, 3.05) is 0 Å². The Morgan fingerprint density at radius 1 is 1.44 bits per heavy atom. The third-order valence-electron chi connectivity index (χ3n) is 1.09. The number of aromatic amines is 1. The molecule has 0 fully saturated rings. The van der Waals surface area contributed by atoms with Gasteiger partial charge in [-0.1, -0.05) is 0 Å². The standard InChI is InChI=1S/C5H3NO3/c7-3-1-2-6-5-4(3)8-9-5/h1-2H,(H,6,7). The Labute approximate surface area is 49.0 Å². The van der Waals surface area contributed by atoms with E-state index in [-0.39, 0.29) is 11.0 Å². The van der Waals surface area contributed by atoms with E-state index in [9.17, 15) is 4.79 Å². The first kappa shape index (κ1) is 4.43. The zero-order chi connectivity index (χ0) is 6.27. The van der Waals surface area contributed by atoms with Crippen LogP contribution in [0.5, 0.6) is 0 Å². The van der Waals surface area contributed by atoms with Gasteiger partial charge in [0.25, 0.3) is 11.3 Å². The number of hydrogen-bond acceptors (Lipinski definition) is 3. The Balaban J connectivity index is 3.02. The van der Waals surface area contributed by atoms with E-state index < -0.39 is 0 Å². The molecule has 4 nitrogen and oxygen atoms in total. The largest absolute Gasteiger partial charge is 0.325 e. The molecule has 2 rings (SSSR count). The second-order valence-electron chi connectivity index (χ2n) is 1.67. The maximum atomic E-state index is 10.7. The third kappa shape index (κ3) is 0.440. The molecule has 0 atom stereocenters. The first-order valence-electron chi connectivity index (χ1n) is 2.44. The Bertz CT molecular complexity index is 366. The molecule has 2 aromatic heterocycles. The van der Waals surface area contributed by atoms with Gasteiger partial charge in [0.15, 0.2) is 0 Å². The smallest absolute Gasteiger partial charge is 0.299 e. The van der Waals surface area contributed by atoms with Crippen LogP contribution in [0, 0.1) is 0 Å². The molecule has 2 heterocycles. The quantitative estimate of drug-likeness (QED) is 0.527. The first-order chi connectivity index (χ1) is 4.38. The van der Waals surface area contributed by atoms with Crippen molar-refractivity contribution < 1.29 is 9.15 Å². The lowest BCUT2D eigenvalue weighted by Crippen LogP contribution is -2.00. The molecule has 0 amide bonds. The molecule has 0 aliphatic carbocycles. The molecular formula is C5H3NO3. The summed E-state index contributed by atoms with van der Waals surface area (Å²) in [5.74, 6) is 0. The Morgan fingerprint density at radius 3 is 2.78 bits per heavy atom. The highest BCUT2D eigenvalue weighted by Crippen LogP contribution is 2.07. The van der Waals surface area contributed by atoms with Crippen molar-refractivity contribution in [3.8, 4) is 0 Å². The molecule has 0 saturated carbocycles. The fraction of sp³-hybridized carbons (Fsp3) is 0. The molecule has 0 aliphatic heterocycles. The Morgan fingerprint density at radius 2 is 2.33 bits per heavy atom. The minimum Gasteiger partial charge on any atom is -0.325 e. The van der Waals surface area contributed by atoms with Crippen molar-refractivity contribution in [1.29, 1.82) is 0 Å². The number of aromatic nitrogens is 1. The molecule has 0 saturated heterocycles. The van der Waals surface area contributed by atoms with Gasteiger partial charge in [-0.15, -0.1) is 0 Å². The van der Waals surface area contributed by atoms with Gasteiger partial charge in [0.2, 0.25) is 5.43 Å². The van der Waals surface area contributed by atoms with Crippen LogP contribution >= 0.6 is 0 Å². The molecule has 4 heteroatoms. The summed E-state index contributed by atoms with van der Waals surface area (Å²) in [6.45, 7) is 0. The molecule has 0 bridgehead atoms. The highest BCUT2D eigenvalue weighted by molar-refractivity contribution is 5.64. The number of rotatable bonds is 0. The van der Waals surface area contributed by atoms with Gasteiger partial charge in [0, 0.05) is 12.3 Å². The summed E-state index contributed by atoms with van der Waals surface area (Å²) in [6, 6.07) is 1.38. The fourth-order valence-corrected chi connectivity index (χ4v) is 0.636. The van der Waals surface area contributed by atoms with Gasteiger partial charge < -0.3 is 4.98 Å². The van der Waals surface area contributed by atoms with Crippen molar-refractivity contribution in [2.45, 2.75) is 0 Å². The second kappa shape index (κ2) is 1.28. The number of nitrogens with one attached hydrogen (secondary N) is 1. The van der Waals surface area contributed by atoms with Crippen LogP contribution in [-0.4, -0.2) is 4.98 Å². The van der Waals surface area contributed by atoms with Crippen LogP contribution in [0.4, 0.5) is 0 Å². The number of H-pyrrole nitrogens is 1. The van der Waals surface area contributed by atoms with E-state index in [0.29, 0.717) is 5.71 Å². The average molecular weight is 125 g/mol. The van der Waals surface area contributed by atoms with Gasteiger partial charge in [0.1, 0.15) is 0 Å².